The van der Waals surface area contributed by atoms with Gasteiger partial charge in [-0.25, -0.2) is 13.1 Å². The van der Waals surface area contributed by atoms with Gasteiger partial charge >= 0.3 is 0 Å². The van der Waals surface area contributed by atoms with Crippen molar-refractivity contribution in [2.45, 2.75) is 76.4 Å². The van der Waals surface area contributed by atoms with Crippen molar-refractivity contribution in [2.24, 2.45) is 4.99 Å². The molecule has 0 aromatic carbocycles. The number of nitrogens with one attached hydrogen (secondary N) is 3. The van der Waals surface area contributed by atoms with Crippen LogP contribution >= 0.6 is 0 Å². The Morgan fingerprint density at radius 1 is 1.12 bits per heavy atom. The number of likely N-dealkylation sites (tertiary alicyclic amines) is 1. The van der Waals surface area contributed by atoms with Crippen LogP contribution in [0.1, 0.15) is 58.8 Å². The summed E-state index contributed by atoms with van der Waals surface area (Å²) in [5, 5.41) is 6.75. The highest BCUT2D eigenvalue weighted by Crippen LogP contribution is 2.25. The molecular formula is C18H37N5O2S. The molecule has 1 aliphatic carbocycles. The first-order valence-corrected chi connectivity index (χ1v) is 11.8. The number of piperidine rings is 1. The second-order valence-electron chi connectivity index (χ2n) is 8.43. The zero-order valence-electron chi connectivity index (χ0n) is 16.8. The van der Waals surface area contributed by atoms with Crippen LogP contribution in [0.15, 0.2) is 4.99 Å². The summed E-state index contributed by atoms with van der Waals surface area (Å²) in [5.74, 6) is 0.740. The molecule has 0 aromatic rings. The molecule has 152 valence electrons. The first kappa shape index (κ1) is 21.4. The molecular weight excluding hydrogens is 350 g/mol. The Morgan fingerprint density at radius 3 is 2.27 bits per heavy atom. The molecule has 0 aromatic heterocycles. The number of aliphatic imine (C=N–C) groups is 1. The fraction of sp³-hybridized carbons (Fsp3) is 0.944. The van der Waals surface area contributed by atoms with Gasteiger partial charge in [0.25, 0.3) is 0 Å². The standard InChI is InChI=1S/C18H37N5O2S/c1-18(2,22-26(4,24)25)14-20-17(19-3)21-15-10-12-23(13-11-15)16-8-6-5-7-9-16/h15-16,22H,5-14H2,1-4H3,(H2,19,20,21). The summed E-state index contributed by atoms with van der Waals surface area (Å²) in [6, 6.07) is 1.22. The van der Waals surface area contributed by atoms with Gasteiger partial charge in [-0.05, 0) is 39.5 Å². The Balaban J connectivity index is 1.75. The lowest BCUT2D eigenvalue weighted by atomic mass is 9.92. The Kier molecular flexibility index (Phi) is 7.73. The van der Waals surface area contributed by atoms with E-state index >= 15 is 0 Å². The van der Waals surface area contributed by atoms with Crippen molar-refractivity contribution in [1.82, 2.24) is 20.3 Å². The maximum atomic E-state index is 11.4. The molecule has 26 heavy (non-hydrogen) atoms. The van der Waals surface area contributed by atoms with Gasteiger partial charge in [-0.2, -0.15) is 0 Å². The van der Waals surface area contributed by atoms with E-state index < -0.39 is 15.6 Å². The van der Waals surface area contributed by atoms with Crippen molar-refractivity contribution in [2.75, 3.05) is 32.9 Å². The van der Waals surface area contributed by atoms with Crippen molar-refractivity contribution in [1.29, 1.82) is 0 Å². The largest absolute Gasteiger partial charge is 0.355 e. The van der Waals surface area contributed by atoms with Gasteiger partial charge < -0.3 is 15.5 Å². The minimum Gasteiger partial charge on any atom is -0.355 e. The van der Waals surface area contributed by atoms with Gasteiger partial charge in [0.15, 0.2) is 5.96 Å². The Hall–Kier alpha value is -0.860. The summed E-state index contributed by atoms with van der Waals surface area (Å²) in [4.78, 5) is 6.97. The van der Waals surface area contributed by atoms with Crippen LogP contribution in [0.2, 0.25) is 0 Å². The van der Waals surface area contributed by atoms with E-state index in [9.17, 15) is 8.42 Å². The van der Waals surface area contributed by atoms with Crippen molar-refractivity contribution >= 4 is 16.0 Å². The molecule has 8 heteroatoms. The lowest BCUT2D eigenvalue weighted by molar-refractivity contribution is 0.119. The van der Waals surface area contributed by atoms with Gasteiger partial charge in [-0.15, -0.1) is 0 Å². The normalized spacial score (nSPS) is 22.4. The zero-order valence-corrected chi connectivity index (χ0v) is 17.7. The number of sulfonamides is 1. The second-order valence-corrected chi connectivity index (χ2v) is 10.2. The quantitative estimate of drug-likeness (QED) is 0.472. The van der Waals surface area contributed by atoms with E-state index in [1.807, 2.05) is 13.8 Å². The molecule has 1 heterocycles. The molecule has 0 spiro atoms. The molecule has 2 aliphatic rings. The molecule has 0 unspecified atom stereocenters. The van der Waals surface area contributed by atoms with Gasteiger partial charge in [0.2, 0.25) is 10.0 Å². The summed E-state index contributed by atoms with van der Waals surface area (Å²) in [5.41, 5.74) is -0.574. The third kappa shape index (κ3) is 7.40. The van der Waals surface area contributed by atoms with Crippen molar-refractivity contribution in [3.63, 3.8) is 0 Å². The van der Waals surface area contributed by atoms with E-state index in [2.05, 4.69) is 25.2 Å². The third-order valence-electron chi connectivity index (χ3n) is 5.34. The number of nitrogens with zero attached hydrogens (tertiary/aromatic N) is 2. The summed E-state index contributed by atoms with van der Waals surface area (Å²) in [6.07, 6.45) is 10.3. The van der Waals surface area contributed by atoms with Crippen LogP contribution in [0.3, 0.4) is 0 Å². The summed E-state index contributed by atoms with van der Waals surface area (Å²) < 4.78 is 25.5. The Morgan fingerprint density at radius 2 is 1.73 bits per heavy atom. The fourth-order valence-corrected chi connectivity index (χ4v) is 5.16. The van der Waals surface area contributed by atoms with E-state index in [1.165, 1.54) is 38.4 Å². The van der Waals surface area contributed by atoms with Crippen LogP contribution in [0.5, 0.6) is 0 Å². The molecule has 2 fully saturated rings. The minimum atomic E-state index is -3.24. The average Bonchev–Trinajstić information content (AvgIpc) is 2.58. The first-order valence-electron chi connectivity index (χ1n) is 9.89. The van der Waals surface area contributed by atoms with Crippen LogP contribution in [0, 0.1) is 0 Å². The molecule has 1 saturated heterocycles. The van der Waals surface area contributed by atoms with Crippen molar-refractivity contribution < 1.29 is 8.42 Å². The second kappa shape index (κ2) is 9.37. The lowest BCUT2D eigenvalue weighted by Crippen LogP contribution is -2.55. The molecule has 3 N–H and O–H groups in total. The monoisotopic (exact) mass is 387 g/mol. The Labute approximate surface area is 159 Å². The molecule has 0 bridgehead atoms. The highest BCUT2D eigenvalue weighted by atomic mass is 32.2. The summed E-state index contributed by atoms with van der Waals surface area (Å²) in [6.45, 7) is 6.50. The van der Waals surface area contributed by atoms with Gasteiger partial charge in [-0.1, -0.05) is 19.3 Å². The number of rotatable bonds is 6. The number of guanidine groups is 1. The fourth-order valence-electron chi connectivity index (χ4n) is 4.09. The molecule has 0 radical (unpaired) electrons. The lowest BCUT2D eigenvalue weighted by Gasteiger charge is -2.39. The van der Waals surface area contributed by atoms with Crippen LogP contribution in [0.4, 0.5) is 0 Å². The molecule has 1 aliphatic heterocycles. The number of hydrogen-bond acceptors (Lipinski definition) is 4. The minimum absolute atomic E-state index is 0.423. The predicted octanol–water partition coefficient (Wildman–Crippen LogP) is 1.28. The third-order valence-corrected chi connectivity index (χ3v) is 6.27. The highest BCUT2D eigenvalue weighted by Gasteiger charge is 2.27. The average molecular weight is 388 g/mol. The van der Waals surface area contributed by atoms with Gasteiger partial charge in [0, 0.05) is 44.3 Å². The van der Waals surface area contributed by atoms with E-state index in [-0.39, 0.29) is 0 Å². The smallest absolute Gasteiger partial charge is 0.209 e. The van der Waals surface area contributed by atoms with E-state index in [0.29, 0.717) is 12.6 Å². The maximum Gasteiger partial charge on any atom is 0.209 e. The van der Waals surface area contributed by atoms with Crippen LogP contribution in [-0.2, 0) is 10.0 Å². The first-order chi connectivity index (χ1) is 12.2. The maximum absolute atomic E-state index is 11.4. The van der Waals surface area contributed by atoms with Crippen molar-refractivity contribution in [3.05, 3.63) is 0 Å². The summed E-state index contributed by atoms with van der Waals surface area (Å²) >= 11 is 0. The predicted molar refractivity (Wildman–Crippen MR) is 108 cm³/mol. The van der Waals surface area contributed by atoms with Crippen LogP contribution in [-0.4, -0.2) is 69.8 Å². The van der Waals surface area contributed by atoms with Gasteiger partial charge in [-0.3, -0.25) is 4.99 Å². The molecule has 7 nitrogen and oxygen atoms in total. The van der Waals surface area contributed by atoms with Gasteiger partial charge in [0.1, 0.15) is 0 Å². The Bertz CT molecular complexity index is 562. The van der Waals surface area contributed by atoms with E-state index in [1.54, 1.807) is 7.05 Å². The summed E-state index contributed by atoms with van der Waals surface area (Å²) in [7, 11) is -1.48. The van der Waals surface area contributed by atoms with Crippen LogP contribution < -0.4 is 15.4 Å². The SMILES string of the molecule is CN=C(NCC(C)(C)NS(C)(=O)=O)NC1CCN(C2CCCCC2)CC1. The molecule has 0 atom stereocenters. The zero-order chi connectivity index (χ0) is 19.2. The molecule has 0 amide bonds. The van der Waals surface area contributed by atoms with Gasteiger partial charge in [0.05, 0.1) is 6.26 Å². The topological polar surface area (TPSA) is 85.8 Å². The highest BCUT2D eigenvalue weighted by molar-refractivity contribution is 7.88. The molecule has 2 rings (SSSR count). The van der Waals surface area contributed by atoms with Crippen LogP contribution in [0.25, 0.3) is 0 Å². The van der Waals surface area contributed by atoms with E-state index in [4.69, 9.17) is 0 Å². The van der Waals surface area contributed by atoms with Crippen molar-refractivity contribution in [3.8, 4) is 0 Å². The van der Waals surface area contributed by atoms with E-state index in [0.717, 1.165) is 37.9 Å². The number of hydrogen-bond donors (Lipinski definition) is 3. The molecule has 1 saturated carbocycles.